The number of piperidine rings is 1. The summed E-state index contributed by atoms with van der Waals surface area (Å²) in [6.07, 6.45) is 2.23. The molecule has 1 N–H and O–H groups in total. The van der Waals surface area contributed by atoms with Gasteiger partial charge in [0.25, 0.3) is 0 Å². The number of aliphatic hydroxyl groups is 1. The smallest absolute Gasteiger partial charge is 0.215 e. The molecule has 94 valence electrons. The lowest BCUT2D eigenvalue weighted by Gasteiger charge is -2.32. The molecule has 0 amide bonds. The molecule has 1 aliphatic heterocycles. The number of rotatable bonds is 4. The van der Waals surface area contributed by atoms with Gasteiger partial charge >= 0.3 is 0 Å². The Labute approximate surface area is 102 Å². The molecular weight excluding hydrogens is 216 g/mol. The zero-order chi connectivity index (χ0) is 12.1. The average Bonchev–Trinajstić information content (AvgIpc) is 2.40. The van der Waals surface area contributed by atoms with E-state index in [1.165, 1.54) is 0 Å². The summed E-state index contributed by atoms with van der Waals surface area (Å²) in [7, 11) is 0. The topological polar surface area (TPSA) is 45.6 Å². The van der Waals surface area contributed by atoms with Gasteiger partial charge in [0.05, 0.1) is 6.61 Å². The highest BCUT2D eigenvalue weighted by Gasteiger charge is 2.20. The normalized spacial score (nSPS) is 20.4. The summed E-state index contributed by atoms with van der Waals surface area (Å²) in [5.74, 6) is 2.01. The molecule has 1 fully saturated rings. The number of hydrogen-bond acceptors (Lipinski definition) is 4. The highest BCUT2D eigenvalue weighted by Crippen LogP contribution is 2.22. The van der Waals surface area contributed by atoms with Crippen LogP contribution >= 0.6 is 0 Å². The van der Waals surface area contributed by atoms with Crippen LogP contribution in [-0.2, 0) is 0 Å². The molecule has 17 heavy (non-hydrogen) atoms. The second kappa shape index (κ2) is 5.87. The predicted octanol–water partition coefficient (Wildman–Crippen LogP) is 1.69. The van der Waals surface area contributed by atoms with Crippen molar-refractivity contribution in [2.45, 2.75) is 19.8 Å². The van der Waals surface area contributed by atoms with Gasteiger partial charge in [-0.3, -0.25) is 0 Å². The van der Waals surface area contributed by atoms with Crippen LogP contribution in [-0.4, -0.2) is 36.4 Å². The van der Waals surface area contributed by atoms with Crippen LogP contribution in [0.4, 0.5) is 5.82 Å². The molecule has 0 bridgehead atoms. The lowest BCUT2D eigenvalue weighted by Crippen LogP contribution is -2.37. The SMILES string of the molecule is CCOc1cccc(N2CCCC(CO)C2)n1. The minimum absolute atomic E-state index is 0.266. The van der Waals surface area contributed by atoms with Crippen molar-refractivity contribution in [2.24, 2.45) is 5.92 Å². The number of nitrogens with zero attached hydrogens (tertiary/aromatic N) is 2. The summed E-state index contributed by atoms with van der Waals surface area (Å²) < 4.78 is 5.40. The second-order valence-electron chi connectivity index (χ2n) is 4.40. The number of aliphatic hydroxyl groups excluding tert-OH is 1. The Kier molecular flexibility index (Phi) is 4.20. The molecule has 1 aromatic rings. The van der Waals surface area contributed by atoms with Gasteiger partial charge in [-0.15, -0.1) is 0 Å². The highest BCUT2D eigenvalue weighted by atomic mass is 16.5. The lowest BCUT2D eigenvalue weighted by atomic mass is 9.99. The van der Waals surface area contributed by atoms with E-state index >= 15 is 0 Å². The molecule has 0 aromatic carbocycles. The Morgan fingerprint density at radius 2 is 2.41 bits per heavy atom. The molecule has 0 spiro atoms. The van der Waals surface area contributed by atoms with Crippen LogP contribution in [0.1, 0.15) is 19.8 Å². The molecular formula is C13H20N2O2. The molecule has 1 unspecified atom stereocenters. The quantitative estimate of drug-likeness (QED) is 0.864. The second-order valence-corrected chi connectivity index (χ2v) is 4.40. The van der Waals surface area contributed by atoms with Crippen molar-refractivity contribution < 1.29 is 9.84 Å². The van der Waals surface area contributed by atoms with E-state index in [9.17, 15) is 5.11 Å². The molecule has 2 rings (SSSR count). The number of pyridine rings is 1. The van der Waals surface area contributed by atoms with Crippen molar-refractivity contribution in [3.8, 4) is 5.88 Å². The van der Waals surface area contributed by atoms with Gasteiger partial charge < -0.3 is 14.7 Å². The zero-order valence-corrected chi connectivity index (χ0v) is 10.3. The molecule has 4 nitrogen and oxygen atoms in total. The largest absolute Gasteiger partial charge is 0.478 e. The molecule has 4 heteroatoms. The van der Waals surface area contributed by atoms with Crippen molar-refractivity contribution in [3.05, 3.63) is 18.2 Å². The van der Waals surface area contributed by atoms with Crippen LogP contribution < -0.4 is 9.64 Å². The Hall–Kier alpha value is -1.29. The predicted molar refractivity (Wildman–Crippen MR) is 67.4 cm³/mol. The van der Waals surface area contributed by atoms with E-state index in [4.69, 9.17) is 4.74 Å². The van der Waals surface area contributed by atoms with E-state index in [2.05, 4.69) is 9.88 Å². The van der Waals surface area contributed by atoms with Crippen molar-refractivity contribution >= 4 is 5.82 Å². The van der Waals surface area contributed by atoms with Crippen LogP contribution in [0.5, 0.6) is 5.88 Å². The average molecular weight is 236 g/mol. The number of aromatic nitrogens is 1. The number of anilines is 1. The fraction of sp³-hybridized carbons (Fsp3) is 0.615. The maximum atomic E-state index is 9.22. The van der Waals surface area contributed by atoms with Gasteiger partial charge in [-0.25, -0.2) is 0 Å². The third kappa shape index (κ3) is 3.09. The van der Waals surface area contributed by atoms with Gasteiger partial charge in [0.1, 0.15) is 5.82 Å². The molecule has 1 saturated heterocycles. The van der Waals surface area contributed by atoms with Crippen LogP contribution in [0.15, 0.2) is 18.2 Å². The summed E-state index contributed by atoms with van der Waals surface area (Å²) in [5, 5.41) is 9.22. The first-order chi connectivity index (χ1) is 8.33. The molecule has 2 heterocycles. The standard InChI is InChI=1S/C13H20N2O2/c1-2-17-13-7-3-6-12(14-13)15-8-4-5-11(9-15)10-16/h3,6-7,11,16H,2,4-5,8-10H2,1H3. The summed E-state index contributed by atoms with van der Waals surface area (Å²) in [5.41, 5.74) is 0. The molecule has 1 aliphatic rings. The first kappa shape index (κ1) is 12.2. The van der Waals surface area contributed by atoms with Crippen LogP contribution in [0.2, 0.25) is 0 Å². The molecule has 0 radical (unpaired) electrons. The molecule has 0 aliphatic carbocycles. The summed E-state index contributed by atoms with van der Waals surface area (Å²) in [6, 6.07) is 5.85. The maximum absolute atomic E-state index is 9.22. The third-order valence-corrected chi connectivity index (χ3v) is 3.10. The summed E-state index contributed by atoms with van der Waals surface area (Å²) in [6.45, 7) is 4.76. The Morgan fingerprint density at radius 3 is 3.18 bits per heavy atom. The van der Waals surface area contributed by atoms with Gasteiger partial charge in [-0.1, -0.05) is 6.07 Å². The summed E-state index contributed by atoms with van der Waals surface area (Å²) >= 11 is 0. The van der Waals surface area contributed by atoms with Crippen molar-refractivity contribution in [2.75, 3.05) is 31.2 Å². The lowest BCUT2D eigenvalue weighted by molar-refractivity contribution is 0.208. The monoisotopic (exact) mass is 236 g/mol. The molecule has 1 aromatic heterocycles. The van der Waals surface area contributed by atoms with Crippen molar-refractivity contribution in [1.29, 1.82) is 0 Å². The summed E-state index contributed by atoms with van der Waals surface area (Å²) in [4.78, 5) is 6.71. The fourth-order valence-electron chi connectivity index (χ4n) is 2.23. The van der Waals surface area contributed by atoms with E-state index in [0.29, 0.717) is 18.4 Å². The van der Waals surface area contributed by atoms with E-state index in [1.54, 1.807) is 0 Å². The van der Waals surface area contributed by atoms with E-state index < -0.39 is 0 Å². The Bertz CT molecular complexity index is 357. The first-order valence-electron chi connectivity index (χ1n) is 6.29. The van der Waals surface area contributed by atoms with Crippen molar-refractivity contribution in [1.82, 2.24) is 4.98 Å². The van der Waals surface area contributed by atoms with Crippen LogP contribution in [0.25, 0.3) is 0 Å². The van der Waals surface area contributed by atoms with Crippen molar-refractivity contribution in [3.63, 3.8) is 0 Å². The molecule has 0 saturated carbocycles. The number of hydrogen-bond donors (Lipinski definition) is 1. The third-order valence-electron chi connectivity index (χ3n) is 3.10. The van der Waals surface area contributed by atoms with Crippen LogP contribution in [0, 0.1) is 5.92 Å². The maximum Gasteiger partial charge on any atom is 0.215 e. The Balaban J connectivity index is 2.07. The minimum atomic E-state index is 0.266. The fourth-order valence-corrected chi connectivity index (χ4v) is 2.23. The minimum Gasteiger partial charge on any atom is -0.478 e. The van der Waals surface area contributed by atoms with E-state index in [0.717, 1.165) is 31.7 Å². The van der Waals surface area contributed by atoms with Gasteiger partial charge in [-0.2, -0.15) is 4.98 Å². The van der Waals surface area contributed by atoms with Gasteiger partial charge in [0.15, 0.2) is 0 Å². The van der Waals surface area contributed by atoms with Gasteiger partial charge in [0.2, 0.25) is 5.88 Å². The van der Waals surface area contributed by atoms with E-state index in [-0.39, 0.29) is 6.61 Å². The molecule has 1 atom stereocenters. The highest BCUT2D eigenvalue weighted by molar-refractivity contribution is 5.41. The zero-order valence-electron chi connectivity index (χ0n) is 10.3. The van der Waals surface area contributed by atoms with Crippen LogP contribution in [0.3, 0.4) is 0 Å². The van der Waals surface area contributed by atoms with Gasteiger partial charge in [-0.05, 0) is 31.7 Å². The van der Waals surface area contributed by atoms with Gasteiger partial charge in [0, 0.05) is 25.8 Å². The Morgan fingerprint density at radius 1 is 1.53 bits per heavy atom. The first-order valence-corrected chi connectivity index (χ1v) is 6.29. The van der Waals surface area contributed by atoms with E-state index in [1.807, 2.05) is 25.1 Å². The number of ether oxygens (including phenoxy) is 1.